The summed E-state index contributed by atoms with van der Waals surface area (Å²) in [5, 5.41) is 5.03. The van der Waals surface area contributed by atoms with Gasteiger partial charge in [-0.1, -0.05) is 23.2 Å². The second kappa shape index (κ2) is 8.79. The first-order chi connectivity index (χ1) is 14.5. The predicted molar refractivity (Wildman–Crippen MR) is 114 cm³/mol. The summed E-state index contributed by atoms with van der Waals surface area (Å²) in [4.78, 5) is 27.1. The van der Waals surface area contributed by atoms with E-state index < -0.39 is 5.91 Å². The van der Waals surface area contributed by atoms with Crippen molar-refractivity contribution in [3.8, 4) is 0 Å². The number of fused-ring (bicyclic) bond motifs is 1. The van der Waals surface area contributed by atoms with Crippen LogP contribution in [0, 0.1) is 6.92 Å². The van der Waals surface area contributed by atoms with Crippen LogP contribution in [0.3, 0.4) is 0 Å². The van der Waals surface area contributed by atoms with Gasteiger partial charge in [0.15, 0.2) is 5.76 Å². The summed E-state index contributed by atoms with van der Waals surface area (Å²) in [6, 6.07) is 4.65. The molecule has 9 heteroatoms. The molecule has 0 radical (unpaired) electrons. The maximum Gasteiger partial charge on any atom is 0.290 e. The van der Waals surface area contributed by atoms with E-state index >= 15 is 0 Å². The number of aryl methyl sites for hydroxylation is 1. The Balaban J connectivity index is 1.58. The van der Waals surface area contributed by atoms with E-state index in [4.69, 9.17) is 32.4 Å². The zero-order chi connectivity index (χ0) is 21.3. The fourth-order valence-corrected chi connectivity index (χ4v) is 4.24. The molecular formula is C21H21Cl2N3O4. The van der Waals surface area contributed by atoms with E-state index in [-0.39, 0.29) is 16.5 Å². The minimum atomic E-state index is -0.429. The van der Waals surface area contributed by atoms with E-state index in [2.05, 4.69) is 10.5 Å². The summed E-state index contributed by atoms with van der Waals surface area (Å²) in [6.45, 7) is 3.99. The van der Waals surface area contributed by atoms with Gasteiger partial charge < -0.3 is 14.1 Å². The van der Waals surface area contributed by atoms with Crippen LogP contribution in [0.25, 0.3) is 0 Å². The number of hydrazone groups is 1. The lowest BCUT2D eigenvalue weighted by Crippen LogP contribution is -2.40. The molecule has 1 aliphatic heterocycles. The van der Waals surface area contributed by atoms with Gasteiger partial charge in [-0.3, -0.25) is 9.59 Å². The molecular weight excluding hydrogens is 429 g/mol. The lowest BCUT2D eigenvalue weighted by atomic mass is 9.93. The molecule has 1 N–H and O–H groups in total. The molecule has 0 unspecified atom stereocenters. The molecule has 1 saturated heterocycles. The summed E-state index contributed by atoms with van der Waals surface area (Å²) in [7, 11) is 0. The molecule has 7 nitrogen and oxygen atoms in total. The van der Waals surface area contributed by atoms with Crippen LogP contribution in [-0.4, -0.2) is 48.7 Å². The molecule has 30 heavy (non-hydrogen) atoms. The lowest BCUT2D eigenvalue weighted by molar-refractivity contribution is 0.0281. The Morgan fingerprint density at radius 3 is 2.67 bits per heavy atom. The number of amides is 2. The molecule has 2 heterocycles. The SMILES string of the molecule is Cc1c(C(=O)N2CCOCC2)oc2c1/C(=N/NC(=O)c1ccc(Cl)cc1Cl)CCC2. The van der Waals surface area contributed by atoms with Crippen molar-refractivity contribution in [2.75, 3.05) is 26.3 Å². The molecule has 2 amide bonds. The highest BCUT2D eigenvalue weighted by molar-refractivity contribution is 6.36. The summed E-state index contributed by atoms with van der Waals surface area (Å²) < 4.78 is 11.3. The molecule has 0 saturated carbocycles. The van der Waals surface area contributed by atoms with Gasteiger partial charge >= 0.3 is 0 Å². The number of morpholine rings is 1. The number of carbonyl (C=O) groups excluding carboxylic acids is 2. The predicted octanol–water partition coefficient (Wildman–Crippen LogP) is 3.84. The van der Waals surface area contributed by atoms with Crippen molar-refractivity contribution in [1.29, 1.82) is 0 Å². The number of furan rings is 1. The topological polar surface area (TPSA) is 84.1 Å². The van der Waals surface area contributed by atoms with Gasteiger partial charge in [-0.15, -0.1) is 0 Å². The fraction of sp³-hybridized carbons (Fsp3) is 0.381. The Hall–Kier alpha value is -2.35. The lowest BCUT2D eigenvalue weighted by Gasteiger charge is -2.26. The van der Waals surface area contributed by atoms with Gasteiger partial charge in [0.2, 0.25) is 0 Å². The number of nitrogens with zero attached hydrogens (tertiary/aromatic N) is 2. The Labute approximate surface area is 184 Å². The second-order valence-corrected chi connectivity index (χ2v) is 8.08. The van der Waals surface area contributed by atoms with Crippen LogP contribution in [0.5, 0.6) is 0 Å². The number of rotatable bonds is 3. The zero-order valence-electron chi connectivity index (χ0n) is 16.5. The number of benzene rings is 1. The summed E-state index contributed by atoms with van der Waals surface area (Å²) in [6.07, 6.45) is 2.22. The van der Waals surface area contributed by atoms with Crippen LogP contribution in [0.15, 0.2) is 27.7 Å². The summed E-state index contributed by atoms with van der Waals surface area (Å²) in [5.41, 5.74) is 5.10. The highest BCUT2D eigenvalue weighted by Crippen LogP contribution is 2.31. The first-order valence-corrected chi connectivity index (χ1v) is 10.5. The minimum absolute atomic E-state index is 0.137. The molecule has 2 aromatic rings. The third kappa shape index (κ3) is 4.10. The molecule has 0 atom stereocenters. The van der Waals surface area contributed by atoms with Gasteiger partial charge in [0, 0.05) is 35.7 Å². The second-order valence-electron chi connectivity index (χ2n) is 7.24. The number of carbonyl (C=O) groups is 2. The maximum atomic E-state index is 12.9. The van der Waals surface area contributed by atoms with Gasteiger partial charge in [0.1, 0.15) is 5.76 Å². The number of halogens is 2. The molecule has 1 fully saturated rings. The molecule has 158 valence electrons. The van der Waals surface area contributed by atoms with Crippen LogP contribution in [-0.2, 0) is 11.2 Å². The van der Waals surface area contributed by atoms with Crippen molar-refractivity contribution >= 4 is 40.7 Å². The normalized spacial score (nSPS) is 17.7. The average molecular weight is 450 g/mol. The average Bonchev–Trinajstić information content (AvgIpc) is 3.09. The van der Waals surface area contributed by atoms with Crippen molar-refractivity contribution in [2.24, 2.45) is 5.10 Å². The number of nitrogens with one attached hydrogen (secondary N) is 1. The first kappa shape index (κ1) is 20.9. The first-order valence-electron chi connectivity index (χ1n) is 9.77. The van der Waals surface area contributed by atoms with Crippen molar-refractivity contribution < 1.29 is 18.7 Å². The van der Waals surface area contributed by atoms with Gasteiger partial charge in [-0.2, -0.15) is 5.10 Å². The zero-order valence-corrected chi connectivity index (χ0v) is 18.0. The Morgan fingerprint density at radius 2 is 1.93 bits per heavy atom. The smallest absolute Gasteiger partial charge is 0.290 e. The summed E-state index contributed by atoms with van der Waals surface area (Å²) in [5.74, 6) is 0.500. The van der Waals surface area contributed by atoms with Gasteiger partial charge in [-0.05, 0) is 38.0 Å². The third-order valence-corrected chi connectivity index (χ3v) is 5.83. The molecule has 1 aromatic heterocycles. The summed E-state index contributed by atoms with van der Waals surface area (Å²) >= 11 is 12.0. The van der Waals surface area contributed by atoms with E-state index in [1.54, 1.807) is 17.0 Å². The van der Waals surface area contributed by atoms with E-state index in [1.807, 2.05) is 6.92 Å². The standard InChI is InChI=1S/C21H21Cl2N3O4/c1-12-18-16(24-25-20(27)14-6-5-13(22)11-15(14)23)3-2-4-17(18)30-19(12)21(28)26-7-9-29-10-8-26/h5-6,11H,2-4,7-10H2,1H3,(H,25,27)/b24-16+. The van der Waals surface area contributed by atoms with Crippen molar-refractivity contribution in [1.82, 2.24) is 10.3 Å². The molecule has 4 rings (SSSR count). The highest BCUT2D eigenvalue weighted by Gasteiger charge is 2.30. The van der Waals surface area contributed by atoms with E-state index in [1.165, 1.54) is 6.07 Å². The van der Waals surface area contributed by atoms with E-state index in [0.29, 0.717) is 49.2 Å². The van der Waals surface area contributed by atoms with Crippen molar-refractivity contribution in [3.63, 3.8) is 0 Å². The third-order valence-electron chi connectivity index (χ3n) is 5.29. The Morgan fingerprint density at radius 1 is 1.17 bits per heavy atom. The number of ether oxygens (including phenoxy) is 1. The van der Waals surface area contributed by atoms with Crippen LogP contribution in [0.1, 0.15) is 50.6 Å². The quantitative estimate of drug-likeness (QED) is 0.721. The van der Waals surface area contributed by atoms with Gasteiger partial charge in [0.05, 0.1) is 29.5 Å². The van der Waals surface area contributed by atoms with Crippen LogP contribution in [0.2, 0.25) is 10.0 Å². The van der Waals surface area contributed by atoms with Crippen LogP contribution < -0.4 is 5.43 Å². The Kier molecular flexibility index (Phi) is 6.13. The van der Waals surface area contributed by atoms with E-state index in [0.717, 1.165) is 29.7 Å². The number of hydrogen-bond acceptors (Lipinski definition) is 5. The molecule has 0 bridgehead atoms. The fourth-order valence-electron chi connectivity index (χ4n) is 3.75. The highest BCUT2D eigenvalue weighted by atomic mass is 35.5. The molecule has 1 aromatic carbocycles. The van der Waals surface area contributed by atoms with Crippen LogP contribution in [0.4, 0.5) is 0 Å². The Bertz CT molecular complexity index is 1030. The minimum Gasteiger partial charge on any atom is -0.455 e. The van der Waals surface area contributed by atoms with Gasteiger partial charge in [-0.25, -0.2) is 5.43 Å². The van der Waals surface area contributed by atoms with Crippen LogP contribution >= 0.6 is 23.2 Å². The number of hydrogen-bond donors (Lipinski definition) is 1. The maximum absolute atomic E-state index is 12.9. The molecule has 1 aliphatic carbocycles. The molecule has 0 spiro atoms. The van der Waals surface area contributed by atoms with Crippen molar-refractivity contribution in [3.05, 3.63) is 56.5 Å². The van der Waals surface area contributed by atoms with Crippen molar-refractivity contribution in [2.45, 2.75) is 26.2 Å². The monoisotopic (exact) mass is 449 g/mol. The van der Waals surface area contributed by atoms with E-state index in [9.17, 15) is 9.59 Å². The largest absolute Gasteiger partial charge is 0.455 e. The van der Waals surface area contributed by atoms with Gasteiger partial charge in [0.25, 0.3) is 11.8 Å². The molecule has 2 aliphatic rings.